The maximum Gasteiger partial charge on any atom is 0.241 e. The lowest BCUT2D eigenvalue weighted by Gasteiger charge is -2.17. The van der Waals surface area contributed by atoms with Crippen molar-refractivity contribution in [3.8, 4) is 5.75 Å². The molecule has 0 aliphatic heterocycles. The van der Waals surface area contributed by atoms with Crippen molar-refractivity contribution in [3.05, 3.63) is 18.2 Å². The minimum absolute atomic E-state index is 0.0273. The Morgan fingerprint density at radius 3 is 2.40 bits per heavy atom. The van der Waals surface area contributed by atoms with Crippen LogP contribution in [0.25, 0.3) is 0 Å². The molecule has 4 N–H and O–H groups in total. The summed E-state index contributed by atoms with van der Waals surface area (Å²) in [5.74, 6) is 0.0486. The Labute approximate surface area is 118 Å². The number of methoxy groups -OCH3 is 1. The molecule has 0 aliphatic carbocycles. The highest BCUT2D eigenvalue weighted by Crippen LogP contribution is 2.28. The molecule has 1 atom stereocenters. The van der Waals surface area contributed by atoms with E-state index in [1.165, 1.54) is 14.0 Å². The zero-order valence-electron chi connectivity index (χ0n) is 12.2. The molecule has 0 aliphatic rings. The van der Waals surface area contributed by atoms with Gasteiger partial charge >= 0.3 is 0 Å². The number of nitrogens with one attached hydrogen (secondary N) is 2. The Balaban J connectivity index is 2.96. The van der Waals surface area contributed by atoms with Crippen molar-refractivity contribution in [2.24, 2.45) is 11.7 Å². The molecule has 0 saturated carbocycles. The van der Waals surface area contributed by atoms with E-state index in [9.17, 15) is 9.59 Å². The maximum absolute atomic E-state index is 12.0. The second-order valence-corrected chi connectivity index (χ2v) is 4.86. The quantitative estimate of drug-likeness (QED) is 0.762. The normalized spacial score (nSPS) is 11.9. The molecule has 20 heavy (non-hydrogen) atoms. The van der Waals surface area contributed by atoms with Gasteiger partial charge in [-0.15, -0.1) is 0 Å². The van der Waals surface area contributed by atoms with Crippen LogP contribution in [-0.4, -0.2) is 25.0 Å². The number of ether oxygens (including phenoxy) is 1. The second-order valence-electron chi connectivity index (χ2n) is 4.86. The number of hydrogen-bond donors (Lipinski definition) is 3. The maximum atomic E-state index is 12.0. The summed E-state index contributed by atoms with van der Waals surface area (Å²) in [7, 11) is 1.51. The highest BCUT2D eigenvalue weighted by atomic mass is 16.5. The van der Waals surface area contributed by atoms with Gasteiger partial charge in [0.25, 0.3) is 0 Å². The third-order valence-corrected chi connectivity index (χ3v) is 2.80. The molecule has 110 valence electrons. The summed E-state index contributed by atoms with van der Waals surface area (Å²) in [6, 6.07) is 4.38. The third kappa shape index (κ3) is 4.24. The first-order valence-electron chi connectivity index (χ1n) is 6.37. The van der Waals surface area contributed by atoms with Gasteiger partial charge < -0.3 is 21.1 Å². The summed E-state index contributed by atoms with van der Waals surface area (Å²) >= 11 is 0. The molecule has 0 unspecified atom stereocenters. The van der Waals surface area contributed by atoms with E-state index in [4.69, 9.17) is 10.5 Å². The molecule has 0 fully saturated rings. The molecule has 0 heterocycles. The van der Waals surface area contributed by atoms with Crippen LogP contribution in [0.15, 0.2) is 18.2 Å². The molecule has 0 saturated heterocycles. The molecule has 1 aromatic rings. The van der Waals surface area contributed by atoms with Gasteiger partial charge in [0.15, 0.2) is 0 Å². The second kappa shape index (κ2) is 6.91. The standard InChI is InChI=1S/C14H21N3O3/c1-8(2)13(15)14(19)17-11-7-10(16-9(3)18)5-6-12(11)20-4/h5-8,13H,15H2,1-4H3,(H,16,18)(H,17,19)/t13-/m1/s1. The van der Waals surface area contributed by atoms with Crippen molar-refractivity contribution in [2.45, 2.75) is 26.8 Å². The minimum Gasteiger partial charge on any atom is -0.495 e. The summed E-state index contributed by atoms with van der Waals surface area (Å²) in [4.78, 5) is 23.0. The van der Waals surface area contributed by atoms with Crippen LogP contribution < -0.4 is 21.1 Å². The Morgan fingerprint density at radius 1 is 1.25 bits per heavy atom. The first kappa shape index (κ1) is 16.0. The first-order valence-corrected chi connectivity index (χ1v) is 6.37. The minimum atomic E-state index is -0.607. The van der Waals surface area contributed by atoms with Crippen LogP contribution in [0.5, 0.6) is 5.75 Å². The van der Waals surface area contributed by atoms with E-state index in [0.29, 0.717) is 17.1 Å². The van der Waals surface area contributed by atoms with Gasteiger partial charge in [0.1, 0.15) is 5.75 Å². The predicted molar refractivity (Wildman–Crippen MR) is 78.7 cm³/mol. The monoisotopic (exact) mass is 279 g/mol. The Morgan fingerprint density at radius 2 is 1.90 bits per heavy atom. The molecule has 6 nitrogen and oxygen atoms in total. The van der Waals surface area contributed by atoms with Crippen LogP contribution >= 0.6 is 0 Å². The lowest BCUT2D eigenvalue weighted by atomic mass is 10.0. The third-order valence-electron chi connectivity index (χ3n) is 2.80. The van der Waals surface area contributed by atoms with Crippen LogP contribution in [0.3, 0.4) is 0 Å². The molecule has 2 amide bonds. The molecule has 0 bridgehead atoms. The number of rotatable bonds is 5. The van der Waals surface area contributed by atoms with Crippen LogP contribution in [0.2, 0.25) is 0 Å². The highest BCUT2D eigenvalue weighted by Gasteiger charge is 2.18. The smallest absolute Gasteiger partial charge is 0.241 e. The SMILES string of the molecule is COc1ccc(NC(C)=O)cc1NC(=O)[C@H](N)C(C)C. The fraction of sp³-hybridized carbons (Fsp3) is 0.429. The van der Waals surface area contributed by atoms with Crippen molar-refractivity contribution in [3.63, 3.8) is 0 Å². The van der Waals surface area contributed by atoms with E-state index in [-0.39, 0.29) is 17.7 Å². The van der Waals surface area contributed by atoms with Crippen molar-refractivity contribution in [1.82, 2.24) is 0 Å². The van der Waals surface area contributed by atoms with Crippen LogP contribution in [-0.2, 0) is 9.59 Å². The van der Waals surface area contributed by atoms with E-state index >= 15 is 0 Å². The van der Waals surface area contributed by atoms with Gasteiger partial charge in [0, 0.05) is 12.6 Å². The zero-order chi connectivity index (χ0) is 15.3. The average Bonchev–Trinajstić information content (AvgIpc) is 2.37. The van der Waals surface area contributed by atoms with Gasteiger partial charge in [0.05, 0.1) is 18.8 Å². The number of anilines is 2. The van der Waals surface area contributed by atoms with Crippen LogP contribution in [0.4, 0.5) is 11.4 Å². The fourth-order valence-corrected chi connectivity index (χ4v) is 1.61. The summed E-state index contributed by atoms with van der Waals surface area (Å²) in [5, 5.41) is 5.36. The lowest BCUT2D eigenvalue weighted by Crippen LogP contribution is -2.39. The van der Waals surface area contributed by atoms with Gasteiger partial charge in [-0.05, 0) is 24.1 Å². The average molecular weight is 279 g/mol. The summed E-state index contributed by atoms with van der Waals surface area (Å²) in [6.07, 6.45) is 0. The van der Waals surface area contributed by atoms with Gasteiger partial charge in [-0.25, -0.2) is 0 Å². The summed E-state index contributed by atoms with van der Waals surface area (Å²) in [6.45, 7) is 5.15. The topological polar surface area (TPSA) is 93.5 Å². The van der Waals surface area contributed by atoms with Crippen molar-refractivity contribution >= 4 is 23.2 Å². The Hall–Kier alpha value is -2.08. The van der Waals surface area contributed by atoms with Crippen molar-refractivity contribution in [2.75, 3.05) is 17.7 Å². The van der Waals surface area contributed by atoms with Crippen LogP contribution in [0, 0.1) is 5.92 Å². The summed E-state index contributed by atoms with van der Waals surface area (Å²) in [5.41, 5.74) is 6.84. The van der Waals surface area contributed by atoms with Crippen molar-refractivity contribution < 1.29 is 14.3 Å². The lowest BCUT2D eigenvalue weighted by molar-refractivity contribution is -0.118. The predicted octanol–water partition coefficient (Wildman–Crippen LogP) is 1.58. The number of nitrogens with two attached hydrogens (primary N) is 1. The molecular weight excluding hydrogens is 258 g/mol. The highest BCUT2D eigenvalue weighted by molar-refractivity contribution is 5.97. The molecular formula is C14H21N3O3. The Bertz CT molecular complexity index is 500. The van der Waals surface area contributed by atoms with Gasteiger partial charge in [-0.2, -0.15) is 0 Å². The van der Waals surface area contributed by atoms with E-state index < -0.39 is 6.04 Å². The van der Waals surface area contributed by atoms with Crippen LogP contribution in [0.1, 0.15) is 20.8 Å². The van der Waals surface area contributed by atoms with Gasteiger partial charge in [0.2, 0.25) is 11.8 Å². The zero-order valence-corrected chi connectivity index (χ0v) is 12.2. The van der Waals surface area contributed by atoms with Crippen molar-refractivity contribution in [1.29, 1.82) is 0 Å². The molecule has 0 radical (unpaired) electrons. The number of carbonyl (C=O) groups is 2. The molecule has 0 aromatic heterocycles. The number of amides is 2. The fourth-order valence-electron chi connectivity index (χ4n) is 1.61. The molecule has 1 aromatic carbocycles. The van der Waals surface area contributed by atoms with E-state index in [2.05, 4.69) is 10.6 Å². The molecule has 1 rings (SSSR count). The molecule has 6 heteroatoms. The molecule has 0 spiro atoms. The van der Waals surface area contributed by atoms with E-state index in [1.54, 1.807) is 18.2 Å². The Kier molecular flexibility index (Phi) is 5.52. The van der Waals surface area contributed by atoms with Gasteiger partial charge in [-0.1, -0.05) is 13.8 Å². The summed E-state index contributed by atoms with van der Waals surface area (Å²) < 4.78 is 5.18. The largest absolute Gasteiger partial charge is 0.495 e. The van der Waals surface area contributed by atoms with E-state index in [1.807, 2.05) is 13.8 Å². The van der Waals surface area contributed by atoms with E-state index in [0.717, 1.165) is 0 Å². The van der Waals surface area contributed by atoms with Gasteiger partial charge in [-0.3, -0.25) is 9.59 Å². The number of benzene rings is 1. The number of carbonyl (C=O) groups excluding carboxylic acids is 2. The number of hydrogen-bond acceptors (Lipinski definition) is 4. The first-order chi connectivity index (χ1) is 9.35.